The smallest absolute Gasteiger partial charge is 0.319 e. The predicted molar refractivity (Wildman–Crippen MR) is 80.7 cm³/mol. The van der Waals surface area contributed by atoms with Crippen LogP contribution in [0.5, 0.6) is 5.75 Å². The van der Waals surface area contributed by atoms with Crippen molar-refractivity contribution in [1.82, 2.24) is 5.32 Å². The van der Waals surface area contributed by atoms with Crippen molar-refractivity contribution >= 4 is 34.6 Å². The lowest BCUT2D eigenvalue weighted by Crippen LogP contribution is -2.28. The second-order valence-corrected chi connectivity index (χ2v) is 5.47. The van der Waals surface area contributed by atoms with Gasteiger partial charge in [0.25, 0.3) is 5.91 Å². The van der Waals surface area contributed by atoms with Gasteiger partial charge in [-0.15, -0.1) is 11.3 Å². The summed E-state index contributed by atoms with van der Waals surface area (Å²) < 4.78 is 5.29. The number of thiophene rings is 1. The molecule has 0 bridgehead atoms. The monoisotopic (exact) mass is 303 g/mol. The summed E-state index contributed by atoms with van der Waals surface area (Å²) in [5, 5.41) is 10.2. The fourth-order valence-corrected chi connectivity index (χ4v) is 2.55. The number of rotatable bonds is 3. The highest BCUT2D eigenvalue weighted by Gasteiger charge is 2.16. The van der Waals surface area contributed by atoms with Crippen LogP contribution in [0.2, 0.25) is 0 Å². The molecule has 0 saturated carbocycles. The van der Waals surface area contributed by atoms with E-state index in [1.165, 1.54) is 0 Å². The van der Waals surface area contributed by atoms with Crippen LogP contribution in [0.3, 0.4) is 0 Å². The predicted octanol–water partition coefficient (Wildman–Crippen LogP) is 2.40. The fraction of sp³-hybridized carbons (Fsp3) is 0.143. The van der Waals surface area contributed by atoms with E-state index in [4.69, 9.17) is 4.74 Å². The summed E-state index contributed by atoms with van der Waals surface area (Å²) in [5.41, 5.74) is 1.21. The Kier molecular flexibility index (Phi) is 3.74. The van der Waals surface area contributed by atoms with Gasteiger partial charge in [0.2, 0.25) is 0 Å². The number of anilines is 2. The third-order valence-corrected chi connectivity index (χ3v) is 3.75. The standard InChI is InChI=1S/C14H13N3O3S/c18-13-8-20-12-6-9(3-4-11(12)17-13)16-14(19)15-7-10-2-1-5-21-10/h1-6H,7-8H2,(H,17,18)(H2,15,16,19). The molecule has 21 heavy (non-hydrogen) atoms. The van der Waals surface area contributed by atoms with Gasteiger partial charge in [0.1, 0.15) is 5.75 Å². The minimum Gasteiger partial charge on any atom is -0.482 e. The van der Waals surface area contributed by atoms with Gasteiger partial charge in [0.05, 0.1) is 12.2 Å². The maximum absolute atomic E-state index is 11.8. The first-order valence-corrected chi connectivity index (χ1v) is 7.22. The van der Waals surface area contributed by atoms with Crippen molar-refractivity contribution in [3.8, 4) is 5.75 Å². The zero-order valence-corrected chi connectivity index (χ0v) is 11.8. The van der Waals surface area contributed by atoms with Gasteiger partial charge in [-0.1, -0.05) is 6.07 Å². The van der Waals surface area contributed by atoms with Crippen molar-refractivity contribution in [1.29, 1.82) is 0 Å². The number of hydrogen-bond acceptors (Lipinski definition) is 4. The van der Waals surface area contributed by atoms with Gasteiger partial charge in [0, 0.05) is 16.6 Å². The topological polar surface area (TPSA) is 79.5 Å². The minimum absolute atomic E-state index is 0.0129. The minimum atomic E-state index is -0.289. The van der Waals surface area contributed by atoms with E-state index >= 15 is 0 Å². The van der Waals surface area contributed by atoms with Crippen molar-refractivity contribution < 1.29 is 14.3 Å². The van der Waals surface area contributed by atoms with Crippen LogP contribution in [0, 0.1) is 0 Å². The third-order valence-electron chi connectivity index (χ3n) is 2.88. The Balaban J connectivity index is 1.60. The summed E-state index contributed by atoms with van der Waals surface area (Å²) in [6.45, 7) is 0.474. The van der Waals surface area contributed by atoms with Crippen molar-refractivity contribution in [3.63, 3.8) is 0 Å². The summed E-state index contributed by atoms with van der Waals surface area (Å²) in [6, 6.07) is 8.69. The average molecular weight is 303 g/mol. The number of amides is 3. The molecular weight excluding hydrogens is 290 g/mol. The maximum Gasteiger partial charge on any atom is 0.319 e. The van der Waals surface area contributed by atoms with E-state index in [-0.39, 0.29) is 18.5 Å². The lowest BCUT2D eigenvalue weighted by molar-refractivity contribution is -0.118. The van der Waals surface area contributed by atoms with E-state index in [9.17, 15) is 9.59 Å². The van der Waals surface area contributed by atoms with Crippen LogP contribution in [0.15, 0.2) is 35.7 Å². The van der Waals surface area contributed by atoms with Gasteiger partial charge < -0.3 is 20.7 Å². The summed E-state index contributed by atoms with van der Waals surface area (Å²) in [7, 11) is 0. The molecule has 2 heterocycles. The number of hydrogen-bond donors (Lipinski definition) is 3. The normalized spacial score (nSPS) is 12.9. The number of benzene rings is 1. The number of urea groups is 1. The highest BCUT2D eigenvalue weighted by atomic mass is 32.1. The molecule has 7 heteroatoms. The van der Waals surface area contributed by atoms with Crippen LogP contribution in [-0.2, 0) is 11.3 Å². The number of carbonyl (C=O) groups excluding carboxylic acids is 2. The molecule has 0 saturated heterocycles. The molecule has 1 aliphatic rings. The molecule has 108 valence electrons. The molecule has 0 radical (unpaired) electrons. The third kappa shape index (κ3) is 3.32. The van der Waals surface area contributed by atoms with Gasteiger partial charge in [-0.25, -0.2) is 4.79 Å². The average Bonchev–Trinajstić information content (AvgIpc) is 2.99. The van der Waals surface area contributed by atoms with Crippen LogP contribution < -0.4 is 20.7 Å². The lowest BCUT2D eigenvalue weighted by Gasteiger charge is -2.18. The molecule has 0 unspecified atom stereocenters. The first kappa shape index (κ1) is 13.4. The van der Waals surface area contributed by atoms with E-state index < -0.39 is 0 Å². The Morgan fingerprint density at radius 1 is 1.38 bits per heavy atom. The molecule has 0 aliphatic carbocycles. The Morgan fingerprint density at radius 3 is 3.10 bits per heavy atom. The largest absolute Gasteiger partial charge is 0.482 e. The van der Waals surface area contributed by atoms with Crippen LogP contribution in [-0.4, -0.2) is 18.5 Å². The van der Waals surface area contributed by atoms with E-state index in [0.29, 0.717) is 23.7 Å². The molecule has 0 atom stereocenters. The molecule has 1 aromatic carbocycles. The molecular formula is C14H13N3O3S. The molecule has 3 amide bonds. The number of fused-ring (bicyclic) bond motifs is 1. The maximum atomic E-state index is 11.8. The summed E-state index contributed by atoms with van der Waals surface area (Å²) in [5.74, 6) is 0.363. The molecule has 0 spiro atoms. The highest BCUT2D eigenvalue weighted by molar-refractivity contribution is 7.09. The van der Waals surface area contributed by atoms with Crippen molar-refractivity contribution in [2.75, 3.05) is 17.2 Å². The molecule has 1 aliphatic heterocycles. The SMILES string of the molecule is O=C1COc2cc(NC(=O)NCc3cccs3)ccc2N1. The van der Waals surface area contributed by atoms with Crippen LogP contribution >= 0.6 is 11.3 Å². The van der Waals surface area contributed by atoms with Gasteiger partial charge in [-0.05, 0) is 23.6 Å². The molecule has 0 fully saturated rings. The zero-order valence-electron chi connectivity index (χ0n) is 11.0. The van der Waals surface area contributed by atoms with E-state index in [1.54, 1.807) is 29.5 Å². The second-order valence-electron chi connectivity index (χ2n) is 4.43. The van der Waals surface area contributed by atoms with E-state index in [2.05, 4.69) is 16.0 Å². The first-order valence-electron chi connectivity index (χ1n) is 6.34. The molecule has 3 rings (SSSR count). The van der Waals surface area contributed by atoms with Gasteiger partial charge in [0.15, 0.2) is 6.61 Å². The quantitative estimate of drug-likeness (QED) is 0.814. The van der Waals surface area contributed by atoms with Crippen molar-refractivity contribution in [2.45, 2.75) is 6.54 Å². The van der Waals surface area contributed by atoms with Gasteiger partial charge in [-0.3, -0.25) is 4.79 Å². The Hall–Kier alpha value is -2.54. The first-order chi connectivity index (χ1) is 10.2. The lowest BCUT2D eigenvalue weighted by atomic mass is 10.2. The Morgan fingerprint density at radius 2 is 2.29 bits per heavy atom. The zero-order chi connectivity index (χ0) is 14.7. The van der Waals surface area contributed by atoms with Crippen molar-refractivity contribution in [2.24, 2.45) is 0 Å². The van der Waals surface area contributed by atoms with Gasteiger partial charge >= 0.3 is 6.03 Å². The summed E-state index contributed by atoms with van der Waals surface area (Å²) >= 11 is 1.59. The number of carbonyl (C=O) groups is 2. The van der Waals surface area contributed by atoms with E-state index in [1.807, 2.05) is 17.5 Å². The van der Waals surface area contributed by atoms with Crippen LogP contribution in [0.25, 0.3) is 0 Å². The van der Waals surface area contributed by atoms with Crippen LogP contribution in [0.4, 0.5) is 16.2 Å². The summed E-state index contributed by atoms with van der Waals surface area (Å²) in [4.78, 5) is 24.1. The number of nitrogens with one attached hydrogen (secondary N) is 3. The summed E-state index contributed by atoms with van der Waals surface area (Å²) in [6.07, 6.45) is 0. The van der Waals surface area contributed by atoms with Crippen molar-refractivity contribution in [3.05, 3.63) is 40.6 Å². The molecule has 2 aromatic rings. The highest BCUT2D eigenvalue weighted by Crippen LogP contribution is 2.30. The fourth-order valence-electron chi connectivity index (χ4n) is 1.91. The Labute approximate surface area is 125 Å². The second kappa shape index (κ2) is 5.84. The molecule has 3 N–H and O–H groups in total. The van der Waals surface area contributed by atoms with Crippen LogP contribution in [0.1, 0.15) is 4.88 Å². The molecule has 6 nitrogen and oxygen atoms in total. The number of ether oxygens (including phenoxy) is 1. The molecule has 1 aromatic heterocycles. The van der Waals surface area contributed by atoms with Gasteiger partial charge in [-0.2, -0.15) is 0 Å². The van der Waals surface area contributed by atoms with E-state index in [0.717, 1.165) is 4.88 Å². The Bertz CT molecular complexity index is 670.